The highest BCUT2D eigenvalue weighted by Gasteiger charge is 2.62. The topological polar surface area (TPSA) is 67.4 Å². The largest absolute Gasteiger partial charge is 0.381 e. The van der Waals surface area contributed by atoms with Gasteiger partial charge in [-0.25, -0.2) is 0 Å². The van der Waals surface area contributed by atoms with Gasteiger partial charge >= 0.3 is 0 Å². The van der Waals surface area contributed by atoms with Gasteiger partial charge in [0.1, 0.15) is 0 Å². The average Bonchev–Trinajstić information content (AvgIpc) is 3.40. The quantitative estimate of drug-likeness (QED) is 0.594. The van der Waals surface area contributed by atoms with Crippen LogP contribution >= 0.6 is 0 Å². The Kier molecular flexibility index (Phi) is 6.50. The van der Waals surface area contributed by atoms with Gasteiger partial charge in [-0.15, -0.1) is 0 Å². The second-order valence-corrected chi connectivity index (χ2v) is 11.7. The number of ether oxygens (including phenoxy) is 1. The van der Waals surface area contributed by atoms with E-state index < -0.39 is 5.54 Å². The summed E-state index contributed by atoms with van der Waals surface area (Å²) in [7, 11) is 0. The minimum atomic E-state index is -0.426. The Morgan fingerprint density at radius 2 is 1.29 bits per heavy atom. The zero-order valence-corrected chi connectivity index (χ0v) is 20.7. The summed E-state index contributed by atoms with van der Waals surface area (Å²) < 4.78 is 5.58. The van der Waals surface area contributed by atoms with E-state index in [-0.39, 0.29) is 46.3 Å². The molecule has 3 rings (SSSR count). The number of nitrogens with one attached hydrogen (secondary N) is 2. The molecule has 0 aromatic rings. The van der Waals surface area contributed by atoms with E-state index in [0.29, 0.717) is 19.8 Å². The molecular formula is C26H42N2O3. The maximum atomic E-state index is 13.3. The number of hydrogen-bond donors (Lipinski definition) is 2. The fraction of sp³-hybridized carbons (Fsp3) is 0.769. The summed E-state index contributed by atoms with van der Waals surface area (Å²) in [4.78, 5) is 26.3. The van der Waals surface area contributed by atoms with Gasteiger partial charge in [0.05, 0.1) is 17.4 Å². The molecule has 5 heteroatoms. The van der Waals surface area contributed by atoms with Crippen molar-refractivity contribution < 1.29 is 14.3 Å². The minimum absolute atomic E-state index is 0.000551. The van der Waals surface area contributed by atoms with E-state index in [0.717, 1.165) is 12.8 Å². The first-order chi connectivity index (χ1) is 14.3. The molecular weight excluding hydrogens is 388 g/mol. The SMILES string of the molecule is CC(C)=CC1C(C(=O)NCC2(NC(=O)C3C(C=C(C)C)C3(C)C)CCOCC2)C1(C)C. The van der Waals surface area contributed by atoms with Crippen LogP contribution in [0.3, 0.4) is 0 Å². The van der Waals surface area contributed by atoms with Crippen LogP contribution in [-0.4, -0.2) is 37.1 Å². The van der Waals surface area contributed by atoms with Crippen molar-refractivity contribution in [2.24, 2.45) is 34.5 Å². The van der Waals surface area contributed by atoms with Crippen molar-refractivity contribution in [1.29, 1.82) is 0 Å². The van der Waals surface area contributed by atoms with Crippen molar-refractivity contribution >= 4 is 11.8 Å². The second kappa shape index (κ2) is 8.38. The van der Waals surface area contributed by atoms with E-state index in [1.165, 1.54) is 11.1 Å². The standard InChI is InChI=1S/C26H42N2O3/c1-16(2)13-18-20(24(18,5)6)22(29)27-15-26(9-11-31-12-10-26)28-23(30)21-19(14-17(3)4)25(21,7)8/h13-14,18-21H,9-12,15H2,1-8H3,(H,27,29)(H,28,30). The molecule has 3 aliphatic rings. The Balaban J connectivity index is 1.65. The van der Waals surface area contributed by atoms with Crippen LogP contribution in [0.1, 0.15) is 68.2 Å². The number of amides is 2. The molecule has 1 heterocycles. The van der Waals surface area contributed by atoms with Crippen LogP contribution in [0.2, 0.25) is 0 Å². The summed E-state index contributed by atoms with van der Waals surface area (Å²) in [6.07, 6.45) is 5.89. The van der Waals surface area contributed by atoms with Crippen molar-refractivity contribution in [1.82, 2.24) is 10.6 Å². The molecule has 1 aliphatic heterocycles. The molecule has 0 radical (unpaired) electrons. The highest BCUT2D eigenvalue weighted by Crippen LogP contribution is 2.60. The molecule has 2 aliphatic carbocycles. The van der Waals surface area contributed by atoms with Crippen LogP contribution in [-0.2, 0) is 14.3 Å². The first kappa shape index (κ1) is 24.0. The normalized spacial score (nSPS) is 31.7. The molecule has 174 valence electrons. The van der Waals surface area contributed by atoms with Crippen LogP contribution in [0.4, 0.5) is 0 Å². The molecule has 31 heavy (non-hydrogen) atoms. The van der Waals surface area contributed by atoms with Gasteiger partial charge in [0.2, 0.25) is 11.8 Å². The van der Waals surface area contributed by atoms with Gasteiger partial charge < -0.3 is 15.4 Å². The molecule has 1 saturated heterocycles. The lowest BCUT2D eigenvalue weighted by molar-refractivity contribution is -0.128. The molecule has 3 fully saturated rings. The lowest BCUT2D eigenvalue weighted by Crippen LogP contribution is -2.59. The zero-order valence-electron chi connectivity index (χ0n) is 20.7. The Bertz CT molecular complexity index is 778. The monoisotopic (exact) mass is 430 g/mol. The molecule has 2 N–H and O–H groups in total. The van der Waals surface area contributed by atoms with Crippen molar-refractivity contribution in [3.63, 3.8) is 0 Å². The number of carbonyl (C=O) groups is 2. The maximum absolute atomic E-state index is 13.3. The van der Waals surface area contributed by atoms with Gasteiger partial charge in [0.15, 0.2) is 0 Å². The Labute approximate surface area is 188 Å². The number of allylic oxidation sites excluding steroid dienone is 4. The van der Waals surface area contributed by atoms with Gasteiger partial charge in [-0.2, -0.15) is 0 Å². The van der Waals surface area contributed by atoms with Crippen LogP contribution in [0.5, 0.6) is 0 Å². The molecule has 0 aromatic carbocycles. The summed E-state index contributed by atoms with van der Waals surface area (Å²) >= 11 is 0. The third kappa shape index (κ3) is 4.92. The van der Waals surface area contributed by atoms with E-state index in [1.807, 2.05) is 0 Å². The van der Waals surface area contributed by atoms with Crippen LogP contribution in [0, 0.1) is 34.5 Å². The first-order valence-electron chi connectivity index (χ1n) is 11.8. The van der Waals surface area contributed by atoms with Crippen molar-refractivity contribution in [3.05, 3.63) is 23.3 Å². The van der Waals surface area contributed by atoms with Gasteiger partial charge in [0.25, 0.3) is 0 Å². The highest BCUT2D eigenvalue weighted by molar-refractivity contribution is 5.85. The number of rotatable bonds is 7. The van der Waals surface area contributed by atoms with Gasteiger partial charge in [-0.3, -0.25) is 9.59 Å². The average molecular weight is 431 g/mol. The van der Waals surface area contributed by atoms with Crippen LogP contribution in [0.15, 0.2) is 23.3 Å². The number of carbonyl (C=O) groups excluding carboxylic acids is 2. The van der Waals surface area contributed by atoms with Crippen LogP contribution in [0.25, 0.3) is 0 Å². The molecule has 4 unspecified atom stereocenters. The Morgan fingerprint density at radius 1 is 0.839 bits per heavy atom. The fourth-order valence-corrected chi connectivity index (χ4v) is 5.51. The van der Waals surface area contributed by atoms with Gasteiger partial charge in [-0.1, -0.05) is 51.0 Å². The van der Waals surface area contributed by atoms with Gasteiger partial charge in [-0.05, 0) is 63.2 Å². The Morgan fingerprint density at radius 3 is 1.74 bits per heavy atom. The first-order valence-corrected chi connectivity index (χ1v) is 11.8. The molecule has 0 aromatic heterocycles. The summed E-state index contributed by atoms with van der Waals surface area (Å²) in [6, 6.07) is 0. The third-order valence-corrected chi connectivity index (χ3v) is 7.85. The molecule has 2 saturated carbocycles. The molecule has 5 nitrogen and oxygen atoms in total. The zero-order chi connectivity index (χ0) is 23.2. The minimum Gasteiger partial charge on any atom is -0.381 e. The Hall–Kier alpha value is -1.62. The molecule has 0 bridgehead atoms. The smallest absolute Gasteiger partial charge is 0.224 e. The molecule has 2 amide bonds. The highest BCUT2D eigenvalue weighted by atomic mass is 16.5. The third-order valence-electron chi connectivity index (χ3n) is 7.85. The van der Waals surface area contributed by atoms with Crippen molar-refractivity contribution in [3.8, 4) is 0 Å². The number of hydrogen-bond acceptors (Lipinski definition) is 3. The van der Waals surface area contributed by atoms with Crippen LogP contribution < -0.4 is 10.6 Å². The molecule has 0 spiro atoms. The van der Waals surface area contributed by atoms with E-state index in [9.17, 15) is 9.59 Å². The summed E-state index contributed by atoms with van der Waals surface area (Å²) in [6.45, 7) is 18.7. The van der Waals surface area contributed by atoms with Gasteiger partial charge in [0, 0.05) is 19.8 Å². The lowest BCUT2D eigenvalue weighted by Gasteiger charge is -2.38. The van der Waals surface area contributed by atoms with Crippen molar-refractivity contribution in [2.45, 2.75) is 73.8 Å². The van der Waals surface area contributed by atoms with E-state index in [1.54, 1.807) is 0 Å². The summed E-state index contributed by atoms with van der Waals surface area (Å²) in [5.74, 6) is 0.761. The second-order valence-electron chi connectivity index (χ2n) is 11.7. The predicted octanol–water partition coefficient (Wildman–Crippen LogP) is 4.24. The van der Waals surface area contributed by atoms with Crippen molar-refractivity contribution in [2.75, 3.05) is 19.8 Å². The fourth-order valence-electron chi connectivity index (χ4n) is 5.51. The molecule has 4 atom stereocenters. The summed E-state index contributed by atoms with van der Waals surface area (Å²) in [5, 5.41) is 6.55. The predicted molar refractivity (Wildman–Crippen MR) is 124 cm³/mol. The summed E-state index contributed by atoms with van der Waals surface area (Å²) in [5.41, 5.74) is 2.04. The maximum Gasteiger partial charge on any atom is 0.224 e. The van der Waals surface area contributed by atoms with E-state index >= 15 is 0 Å². The van der Waals surface area contributed by atoms with E-state index in [2.05, 4.69) is 78.2 Å². The van der Waals surface area contributed by atoms with E-state index in [4.69, 9.17) is 4.74 Å². The lowest BCUT2D eigenvalue weighted by atomic mass is 9.89.